The largest absolute Gasteiger partial charge is 0.507 e. The predicted octanol–water partition coefficient (Wildman–Crippen LogP) is 6.35. The van der Waals surface area contributed by atoms with Gasteiger partial charge in [-0.3, -0.25) is 0 Å². The number of aromatic hydroxyl groups is 1. The number of phenols is 1. The van der Waals surface area contributed by atoms with Gasteiger partial charge in [-0.2, -0.15) is 0 Å². The van der Waals surface area contributed by atoms with E-state index in [2.05, 4.69) is 43.0 Å². The lowest BCUT2D eigenvalue weighted by Crippen LogP contribution is -2.21. The van der Waals surface area contributed by atoms with Gasteiger partial charge in [0.15, 0.2) is 5.58 Å². The van der Waals surface area contributed by atoms with Crippen molar-refractivity contribution >= 4 is 38.3 Å². The van der Waals surface area contributed by atoms with Crippen molar-refractivity contribution in [2.45, 2.75) is 13.8 Å². The van der Waals surface area contributed by atoms with Gasteiger partial charge in [0.1, 0.15) is 11.3 Å². The van der Waals surface area contributed by atoms with E-state index in [-0.39, 0.29) is 5.75 Å². The molecule has 29 heavy (non-hydrogen) atoms. The number of benzene rings is 4. The first-order chi connectivity index (χ1) is 14.2. The minimum absolute atomic E-state index is 0.176. The highest BCUT2D eigenvalue weighted by Crippen LogP contribution is 2.39. The number of hydrogen-bond donors (Lipinski definition) is 1. The average molecular weight is 382 g/mol. The summed E-state index contributed by atoms with van der Waals surface area (Å²) in [7, 11) is 0. The van der Waals surface area contributed by atoms with Gasteiger partial charge in [0.05, 0.1) is 5.56 Å². The van der Waals surface area contributed by atoms with Crippen LogP contribution in [0.25, 0.3) is 44.1 Å². The van der Waals surface area contributed by atoms with Crippen LogP contribution >= 0.6 is 0 Å². The minimum atomic E-state index is 0.176. The SMILES string of the molecule is CCN(CC)c1ccc(-c2nc3c4ccccc4c4ccccc4c3o2)c(O)c1. The Morgan fingerprint density at radius 2 is 1.45 bits per heavy atom. The molecule has 0 aliphatic carbocycles. The second-order valence-electron chi connectivity index (χ2n) is 7.16. The second-order valence-corrected chi connectivity index (χ2v) is 7.16. The van der Waals surface area contributed by atoms with Gasteiger partial charge >= 0.3 is 0 Å². The van der Waals surface area contributed by atoms with Crippen molar-refractivity contribution in [1.82, 2.24) is 4.98 Å². The zero-order valence-corrected chi connectivity index (χ0v) is 16.5. The Bertz CT molecular complexity index is 1280. The first-order valence-electron chi connectivity index (χ1n) is 9.99. The number of nitrogens with zero attached hydrogens (tertiary/aromatic N) is 2. The van der Waals surface area contributed by atoms with Gasteiger partial charge in [-0.15, -0.1) is 0 Å². The summed E-state index contributed by atoms with van der Waals surface area (Å²) in [4.78, 5) is 6.99. The summed E-state index contributed by atoms with van der Waals surface area (Å²) < 4.78 is 6.22. The number of oxazole rings is 1. The molecule has 4 aromatic carbocycles. The van der Waals surface area contributed by atoms with Crippen LogP contribution in [0.2, 0.25) is 0 Å². The standard InChI is InChI=1S/C25H22N2O2/c1-3-27(4-2)16-13-14-21(22(28)15-16)25-26-23-19-11-7-5-9-17(19)18-10-6-8-12-20(18)24(23)29-25/h5-15,28H,3-4H2,1-2H3. The molecular weight excluding hydrogens is 360 g/mol. The third-order valence-corrected chi connectivity index (χ3v) is 5.61. The molecule has 0 radical (unpaired) electrons. The lowest BCUT2D eigenvalue weighted by atomic mass is 10.0. The van der Waals surface area contributed by atoms with Crippen molar-refractivity contribution in [2.75, 3.05) is 18.0 Å². The normalized spacial score (nSPS) is 11.5. The van der Waals surface area contributed by atoms with E-state index in [1.807, 2.05) is 36.4 Å². The monoisotopic (exact) mass is 382 g/mol. The van der Waals surface area contributed by atoms with E-state index in [0.717, 1.165) is 51.4 Å². The van der Waals surface area contributed by atoms with Crippen LogP contribution in [0, 0.1) is 0 Å². The Kier molecular flexibility index (Phi) is 4.13. The molecule has 1 aromatic heterocycles. The summed E-state index contributed by atoms with van der Waals surface area (Å²) in [5, 5.41) is 15.1. The van der Waals surface area contributed by atoms with Crippen LogP contribution in [0.5, 0.6) is 5.75 Å². The molecule has 0 saturated carbocycles. The molecule has 0 aliphatic heterocycles. The van der Waals surface area contributed by atoms with Crippen LogP contribution in [0.15, 0.2) is 71.1 Å². The second kappa shape index (κ2) is 6.82. The van der Waals surface area contributed by atoms with Crippen LogP contribution in [0.4, 0.5) is 5.69 Å². The number of phenolic OH excluding ortho intramolecular Hbond substituents is 1. The molecule has 0 spiro atoms. The van der Waals surface area contributed by atoms with Crippen molar-refractivity contribution in [3.8, 4) is 17.2 Å². The van der Waals surface area contributed by atoms with Crippen LogP contribution in [0.1, 0.15) is 13.8 Å². The first-order valence-corrected chi connectivity index (χ1v) is 9.99. The van der Waals surface area contributed by atoms with Crippen LogP contribution in [0.3, 0.4) is 0 Å². The van der Waals surface area contributed by atoms with E-state index in [4.69, 9.17) is 9.40 Å². The van der Waals surface area contributed by atoms with Crippen molar-refractivity contribution in [1.29, 1.82) is 0 Å². The summed E-state index contributed by atoms with van der Waals surface area (Å²) in [6, 6.07) is 22.1. The number of fused-ring (bicyclic) bond motifs is 6. The van der Waals surface area contributed by atoms with Gasteiger partial charge in [-0.1, -0.05) is 48.5 Å². The third kappa shape index (κ3) is 2.71. The molecule has 0 atom stereocenters. The summed E-state index contributed by atoms with van der Waals surface area (Å²) in [5.74, 6) is 0.611. The first kappa shape index (κ1) is 17.6. The van der Waals surface area contributed by atoms with Crippen molar-refractivity contribution in [3.05, 3.63) is 66.7 Å². The molecule has 1 N–H and O–H groups in total. The topological polar surface area (TPSA) is 49.5 Å². The zero-order valence-electron chi connectivity index (χ0n) is 16.5. The average Bonchev–Trinajstić information content (AvgIpc) is 3.20. The predicted molar refractivity (Wildman–Crippen MR) is 120 cm³/mol. The fourth-order valence-electron chi connectivity index (χ4n) is 4.13. The number of aromatic nitrogens is 1. The van der Waals surface area contributed by atoms with Gasteiger partial charge in [-0.25, -0.2) is 4.98 Å². The highest BCUT2D eigenvalue weighted by molar-refractivity contribution is 6.22. The molecule has 4 heteroatoms. The van der Waals surface area contributed by atoms with E-state index >= 15 is 0 Å². The molecule has 5 rings (SSSR count). The Hall–Kier alpha value is -3.53. The maximum Gasteiger partial charge on any atom is 0.231 e. The highest BCUT2D eigenvalue weighted by Gasteiger charge is 2.18. The Morgan fingerprint density at radius 1 is 0.828 bits per heavy atom. The summed E-state index contributed by atoms with van der Waals surface area (Å²) in [5.41, 5.74) is 3.16. The molecule has 144 valence electrons. The zero-order chi connectivity index (χ0) is 20.0. The molecule has 5 aromatic rings. The number of hydrogen-bond acceptors (Lipinski definition) is 4. The summed E-state index contributed by atoms with van der Waals surface area (Å²) in [6.07, 6.45) is 0. The van der Waals surface area contributed by atoms with Crippen LogP contribution in [-0.4, -0.2) is 23.2 Å². The fourth-order valence-corrected chi connectivity index (χ4v) is 4.13. The van der Waals surface area contributed by atoms with E-state index < -0.39 is 0 Å². The van der Waals surface area contributed by atoms with Gasteiger partial charge in [-0.05, 0) is 36.8 Å². The molecule has 1 heterocycles. The number of anilines is 1. The highest BCUT2D eigenvalue weighted by atomic mass is 16.3. The third-order valence-electron chi connectivity index (χ3n) is 5.61. The van der Waals surface area contributed by atoms with Gasteiger partial charge in [0.2, 0.25) is 5.89 Å². The van der Waals surface area contributed by atoms with E-state index in [1.54, 1.807) is 6.07 Å². The van der Waals surface area contributed by atoms with Gasteiger partial charge < -0.3 is 14.4 Å². The van der Waals surface area contributed by atoms with Crippen LogP contribution < -0.4 is 4.90 Å². The smallest absolute Gasteiger partial charge is 0.231 e. The minimum Gasteiger partial charge on any atom is -0.507 e. The maximum absolute atomic E-state index is 10.7. The Labute approximate surface area is 169 Å². The molecular formula is C25H22N2O2. The Balaban J connectivity index is 1.76. The van der Waals surface area contributed by atoms with Crippen molar-refractivity contribution < 1.29 is 9.52 Å². The molecule has 0 aliphatic rings. The van der Waals surface area contributed by atoms with E-state index in [9.17, 15) is 5.11 Å². The lowest BCUT2D eigenvalue weighted by Gasteiger charge is -2.21. The summed E-state index contributed by atoms with van der Waals surface area (Å²) >= 11 is 0. The molecule has 0 saturated heterocycles. The van der Waals surface area contributed by atoms with E-state index in [1.165, 1.54) is 0 Å². The number of rotatable bonds is 4. The lowest BCUT2D eigenvalue weighted by molar-refractivity contribution is 0.474. The van der Waals surface area contributed by atoms with Crippen molar-refractivity contribution in [2.24, 2.45) is 0 Å². The molecule has 0 bridgehead atoms. The molecule has 0 amide bonds. The summed E-state index contributed by atoms with van der Waals surface area (Å²) in [6.45, 7) is 5.98. The maximum atomic E-state index is 10.7. The molecule has 0 fully saturated rings. The fraction of sp³-hybridized carbons (Fsp3) is 0.160. The van der Waals surface area contributed by atoms with Gasteiger partial charge in [0.25, 0.3) is 0 Å². The molecule has 4 nitrogen and oxygen atoms in total. The van der Waals surface area contributed by atoms with Crippen LogP contribution in [-0.2, 0) is 0 Å². The molecule has 0 unspecified atom stereocenters. The quantitative estimate of drug-likeness (QED) is 0.368. The van der Waals surface area contributed by atoms with Gasteiger partial charge in [0, 0.05) is 35.6 Å². The van der Waals surface area contributed by atoms with E-state index in [0.29, 0.717) is 11.5 Å². The Morgan fingerprint density at radius 3 is 2.10 bits per heavy atom. The van der Waals surface area contributed by atoms with Crippen molar-refractivity contribution in [3.63, 3.8) is 0 Å².